The molecule has 0 unspecified atom stereocenters. The summed E-state index contributed by atoms with van der Waals surface area (Å²) in [5.41, 5.74) is 2.59. The molecule has 1 heterocycles. The topological polar surface area (TPSA) is 70.7 Å². The summed E-state index contributed by atoms with van der Waals surface area (Å²) in [7, 11) is 0. The number of nitrogens with one attached hydrogen (secondary N) is 2. The van der Waals surface area contributed by atoms with Gasteiger partial charge in [0.2, 0.25) is 11.1 Å². The molecule has 1 amide bonds. The summed E-state index contributed by atoms with van der Waals surface area (Å²) in [6.07, 6.45) is 3.23. The van der Waals surface area contributed by atoms with Gasteiger partial charge >= 0.3 is 0 Å². The summed E-state index contributed by atoms with van der Waals surface area (Å²) < 4.78 is 0. The molecule has 6 heteroatoms. The molecule has 0 radical (unpaired) electrons. The van der Waals surface area contributed by atoms with Crippen molar-refractivity contribution >= 4 is 17.7 Å². The van der Waals surface area contributed by atoms with Gasteiger partial charge in [0, 0.05) is 12.5 Å². The van der Waals surface area contributed by atoms with Crippen LogP contribution in [0.4, 0.5) is 0 Å². The van der Waals surface area contributed by atoms with Crippen molar-refractivity contribution < 1.29 is 4.79 Å². The van der Waals surface area contributed by atoms with Crippen molar-refractivity contribution in [3.8, 4) is 0 Å². The molecule has 0 spiro atoms. The maximum Gasteiger partial charge on any atom is 0.230 e. The largest absolute Gasteiger partial charge is 0.355 e. The van der Waals surface area contributed by atoms with E-state index in [4.69, 9.17) is 0 Å². The van der Waals surface area contributed by atoms with Gasteiger partial charge in [-0.2, -0.15) is 0 Å². The standard InChI is InChI=1S/C18H24N4OS/c1-12(2)14-5-3-13(4-6-14)9-10-19-16(23)11-24-18-20-17(21-22-18)15-7-8-15/h3-6,12,15H,7-11H2,1-2H3,(H,19,23)(H,20,21,22). The van der Waals surface area contributed by atoms with Crippen molar-refractivity contribution in [2.75, 3.05) is 12.3 Å². The van der Waals surface area contributed by atoms with Crippen LogP contribution < -0.4 is 5.32 Å². The zero-order chi connectivity index (χ0) is 16.9. The van der Waals surface area contributed by atoms with Crippen LogP contribution in [-0.4, -0.2) is 33.4 Å². The van der Waals surface area contributed by atoms with Crippen molar-refractivity contribution in [2.24, 2.45) is 0 Å². The van der Waals surface area contributed by atoms with Crippen LogP contribution in [0.2, 0.25) is 0 Å². The first kappa shape index (κ1) is 17.0. The zero-order valence-corrected chi connectivity index (χ0v) is 15.0. The van der Waals surface area contributed by atoms with E-state index < -0.39 is 0 Å². The highest BCUT2D eigenvalue weighted by Crippen LogP contribution is 2.38. The number of benzene rings is 1. The number of nitrogens with zero attached hydrogens (tertiary/aromatic N) is 2. The van der Waals surface area contributed by atoms with Crippen molar-refractivity contribution in [1.29, 1.82) is 0 Å². The predicted molar refractivity (Wildman–Crippen MR) is 96.3 cm³/mol. The minimum atomic E-state index is 0.0246. The number of thioether (sulfide) groups is 1. The van der Waals surface area contributed by atoms with E-state index in [0.717, 1.165) is 12.2 Å². The number of hydrogen-bond donors (Lipinski definition) is 2. The number of rotatable bonds is 8. The van der Waals surface area contributed by atoms with Crippen LogP contribution in [0, 0.1) is 0 Å². The molecule has 2 N–H and O–H groups in total. The summed E-state index contributed by atoms with van der Waals surface area (Å²) in [5.74, 6) is 2.45. The number of aromatic amines is 1. The second-order valence-corrected chi connectivity index (χ2v) is 7.50. The van der Waals surface area contributed by atoms with E-state index in [0.29, 0.717) is 29.3 Å². The molecule has 1 aromatic heterocycles. The molecule has 1 fully saturated rings. The predicted octanol–water partition coefficient (Wildman–Crippen LogP) is 3.26. The summed E-state index contributed by atoms with van der Waals surface area (Å²) in [6.45, 7) is 5.03. The quantitative estimate of drug-likeness (QED) is 0.721. The lowest BCUT2D eigenvalue weighted by molar-refractivity contribution is -0.118. The number of amides is 1. The molecule has 3 rings (SSSR count). The molecular weight excluding hydrogens is 320 g/mol. The average Bonchev–Trinajstić information content (AvgIpc) is 3.32. The van der Waals surface area contributed by atoms with Gasteiger partial charge < -0.3 is 5.32 Å². The monoisotopic (exact) mass is 344 g/mol. The lowest BCUT2D eigenvalue weighted by Gasteiger charge is -2.07. The fourth-order valence-corrected chi connectivity index (χ4v) is 3.09. The maximum absolute atomic E-state index is 11.9. The average molecular weight is 344 g/mol. The third kappa shape index (κ3) is 4.84. The fourth-order valence-electron chi connectivity index (χ4n) is 2.46. The van der Waals surface area contributed by atoms with Crippen LogP contribution in [0.15, 0.2) is 29.4 Å². The Labute approximate surface area is 147 Å². The van der Waals surface area contributed by atoms with E-state index in [-0.39, 0.29) is 5.91 Å². The number of carbonyl (C=O) groups is 1. The smallest absolute Gasteiger partial charge is 0.230 e. The zero-order valence-electron chi connectivity index (χ0n) is 14.2. The van der Waals surface area contributed by atoms with Gasteiger partial charge in [0.15, 0.2) is 0 Å². The van der Waals surface area contributed by atoms with Gasteiger partial charge in [0.05, 0.1) is 5.75 Å². The first-order valence-electron chi connectivity index (χ1n) is 8.52. The van der Waals surface area contributed by atoms with Gasteiger partial charge in [-0.3, -0.25) is 9.89 Å². The highest BCUT2D eigenvalue weighted by molar-refractivity contribution is 7.99. The van der Waals surface area contributed by atoms with Gasteiger partial charge in [-0.05, 0) is 36.3 Å². The lowest BCUT2D eigenvalue weighted by atomic mass is 10.0. The molecule has 0 saturated heterocycles. The van der Waals surface area contributed by atoms with Gasteiger partial charge in [-0.1, -0.05) is 49.9 Å². The van der Waals surface area contributed by atoms with E-state index in [2.05, 4.69) is 58.6 Å². The van der Waals surface area contributed by atoms with E-state index in [9.17, 15) is 4.79 Å². The summed E-state index contributed by atoms with van der Waals surface area (Å²) in [6, 6.07) is 8.61. The first-order chi connectivity index (χ1) is 11.6. The Morgan fingerprint density at radius 2 is 2.08 bits per heavy atom. The molecule has 0 aliphatic heterocycles. The van der Waals surface area contributed by atoms with Crippen LogP contribution in [-0.2, 0) is 11.2 Å². The normalized spacial score (nSPS) is 14.1. The second kappa shape index (κ2) is 7.83. The van der Waals surface area contributed by atoms with Crippen LogP contribution >= 0.6 is 11.8 Å². The minimum absolute atomic E-state index is 0.0246. The molecule has 1 aromatic carbocycles. The van der Waals surface area contributed by atoms with E-state index in [1.165, 1.54) is 35.7 Å². The molecular formula is C18H24N4OS. The second-order valence-electron chi connectivity index (χ2n) is 6.56. The SMILES string of the molecule is CC(C)c1ccc(CCNC(=O)CSc2n[nH]c(C3CC3)n2)cc1. The first-order valence-corrected chi connectivity index (χ1v) is 9.51. The number of H-pyrrole nitrogens is 1. The van der Waals surface area contributed by atoms with Crippen LogP contribution in [0.3, 0.4) is 0 Å². The highest BCUT2D eigenvalue weighted by atomic mass is 32.2. The van der Waals surface area contributed by atoms with E-state index in [1.807, 2.05) is 0 Å². The fraction of sp³-hybridized carbons (Fsp3) is 0.500. The van der Waals surface area contributed by atoms with Crippen molar-refractivity contribution in [1.82, 2.24) is 20.5 Å². The number of hydrogen-bond acceptors (Lipinski definition) is 4. The molecule has 1 saturated carbocycles. The third-order valence-corrected chi connectivity index (χ3v) is 5.01. The molecule has 2 aromatic rings. The summed E-state index contributed by atoms with van der Waals surface area (Å²) in [4.78, 5) is 16.3. The van der Waals surface area contributed by atoms with Crippen LogP contribution in [0.1, 0.15) is 55.5 Å². The van der Waals surface area contributed by atoms with Crippen LogP contribution in [0.25, 0.3) is 0 Å². The Kier molecular flexibility index (Phi) is 5.56. The summed E-state index contributed by atoms with van der Waals surface area (Å²) in [5, 5.41) is 10.7. The summed E-state index contributed by atoms with van der Waals surface area (Å²) >= 11 is 1.38. The van der Waals surface area contributed by atoms with E-state index >= 15 is 0 Å². The van der Waals surface area contributed by atoms with Crippen molar-refractivity contribution in [2.45, 2.75) is 50.1 Å². The molecule has 5 nitrogen and oxygen atoms in total. The molecule has 24 heavy (non-hydrogen) atoms. The molecule has 128 valence electrons. The number of carbonyl (C=O) groups excluding carboxylic acids is 1. The lowest BCUT2D eigenvalue weighted by Crippen LogP contribution is -2.27. The molecule has 1 aliphatic carbocycles. The highest BCUT2D eigenvalue weighted by Gasteiger charge is 2.27. The Morgan fingerprint density at radius 3 is 2.75 bits per heavy atom. The number of aromatic nitrogens is 3. The van der Waals surface area contributed by atoms with Gasteiger partial charge in [0.25, 0.3) is 0 Å². The minimum Gasteiger partial charge on any atom is -0.355 e. The Morgan fingerprint density at radius 1 is 1.33 bits per heavy atom. The Bertz CT molecular complexity index is 677. The van der Waals surface area contributed by atoms with Crippen molar-refractivity contribution in [3.05, 3.63) is 41.2 Å². The Hall–Kier alpha value is -1.82. The van der Waals surface area contributed by atoms with Gasteiger partial charge in [-0.15, -0.1) is 5.10 Å². The van der Waals surface area contributed by atoms with Crippen molar-refractivity contribution in [3.63, 3.8) is 0 Å². The van der Waals surface area contributed by atoms with Gasteiger partial charge in [-0.25, -0.2) is 4.98 Å². The Balaban J connectivity index is 1.35. The molecule has 0 bridgehead atoms. The van der Waals surface area contributed by atoms with Gasteiger partial charge in [0.1, 0.15) is 5.82 Å². The van der Waals surface area contributed by atoms with Crippen LogP contribution in [0.5, 0.6) is 0 Å². The third-order valence-electron chi connectivity index (χ3n) is 4.16. The maximum atomic E-state index is 11.9. The molecule has 1 aliphatic rings. The molecule has 0 atom stereocenters. The van der Waals surface area contributed by atoms with E-state index in [1.54, 1.807) is 0 Å².